The average molecular weight is 241 g/mol. The molecule has 16 heavy (non-hydrogen) atoms. The molecule has 0 fully saturated rings. The molecule has 86 valence electrons. The molecule has 0 spiro atoms. The summed E-state index contributed by atoms with van der Waals surface area (Å²) in [6.07, 6.45) is 0. The molecule has 0 amide bonds. The van der Waals surface area contributed by atoms with Gasteiger partial charge < -0.3 is 15.2 Å². The summed E-state index contributed by atoms with van der Waals surface area (Å²) in [6, 6.07) is 5.17. The molecule has 0 saturated heterocycles. The minimum absolute atomic E-state index is 0.246. The molecular weight excluding hydrogens is 228 g/mol. The van der Waals surface area contributed by atoms with Gasteiger partial charge in [0.15, 0.2) is 0 Å². The van der Waals surface area contributed by atoms with E-state index in [-0.39, 0.29) is 11.3 Å². The number of nitrogens with zero attached hydrogens (tertiary/aromatic N) is 1. The Morgan fingerprint density at radius 3 is 2.81 bits per heavy atom. The first-order chi connectivity index (χ1) is 7.70. The second kappa shape index (κ2) is 6.21. The van der Waals surface area contributed by atoms with Crippen LogP contribution in [0.2, 0.25) is 5.02 Å². The molecule has 0 heterocycles. The maximum Gasteiger partial charge on any atom is 0.143 e. The van der Waals surface area contributed by atoms with E-state index in [4.69, 9.17) is 32.1 Å². The molecule has 1 rings (SSSR count). The topological polar surface area (TPSA) is 68.3 Å². The van der Waals surface area contributed by atoms with E-state index in [1.807, 2.05) is 13.0 Å². The van der Waals surface area contributed by atoms with Gasteiger partial charge in [-0.15, -0.1) is 0 Å². The first-order valence-electron chi connectivity index (χ1n) is 4.89. The molecule has 0 unspecified atom stereocenters. The average Bonchev–Trinajstić information content (AvgIpc) is 2.28. The fourth-order valence-electron chi connectivity index (χ4n) is 1.17. The molecule has 0 aliphatic carbocycles. The second-order valence-corrected chi connectivity index (χ2v) is 3.40. The standard InChI is InChI=1S/C11H13ClN2O2/c1-2-15-5-6-16-10-4-3-9(12)8(7-13)11(10)14/h3-4H,2,5-6,14H2,1H3. The van der Waals surface area contributed by atoms with E-state index in [2.05, 4.69) is 0 Å². The third-order valence-electron chi connectivity index (χ3n) is 1.96. The number of hydrogen-bond donors (Lipinski definition) is 1. The normalized spacial score (nSPS) is 9.81. The monoisotopic (exact) mass is 240 g/mol. The van der Waals surface area contributed by atoms with Crippen molar-refractivity contribution in [2.75, 3.05) is 25.6 Å². The van der Waals surface area contributed by atoms with Crippen molar-refractivity contribution in [1.29, 1.82) is 5.26 Å². The molecule has 5 heteroatoms. The van der Waals surface area contributed by atoms with Crippen LogP contribution in [0.5, 0.6) is 5.75 Å². The zero-order valence-electron chi connectivity index (χ0n) is 9.00. The van der Waals surface area contributed by atoms with Crippen LogP contribution < -0.4 is 10.5 Å². The van der Waals surface area contributed by atoms with Crippen LogP contribution in [0, 0.1) is 11.3 Å². The van der Waals surface area contributed by atoms with Crippen molar-refractivity contribution in [3.05, 3.63) is 22.7 Å². The molecule has 0 saturated carbocycles. The molecule has 0 atom stereocenters. The van der Waals surface area contributed by atoms with E-state index in [1.54, 1.807) is 12.1 Å². The highest BCUT2D eigenvalue weighted by Gasteiger charge is 2.09. The van der Waals surface area contributed by atoms with Crippen LogP contribution in [0.3, 0.4) is 0 Å². The molecule has 2 N–H and O–H groups in total. The number of nitriles is 1. The summed E-state index contributed by atoms with van der Waals surface area (Å²) in [4.78, 5) is 0. The highest BCUT2D eigenvalue weighted by atomic mass is 35.5. The minimum atomic E-state index is 0.246. The van der Waals surface area contributed by atoms with Crippen molar-refractivity contribution in [2.24, 2.45) is 0 Å². The molecule has 1 aromatic carbocycles. The van der Waals surface area contributed by atoms with E-state index in [0.29, 0.717) is 30.6 Å². The molecule has 0 aromatic heterocycles. The molecule has 0 aliphatic heterocycles. The van der Waals surface area contributed by atoms with Gasteiger partial charge in [0.1, 0.15) is 18.4 Å². The van der Waals surface area contributed by atoms with E-state index >= 15 is 0 Å². The van der Waals surface area contributed by atoms with E-state index in [1.165, 1.54) is 0 Å². The number of nitrogens with two attached hydrogens (primary N) is 1. The van der Waals surface area contributed by atoms with Crippen molar-refractivity contribution < 1.29 is 9.47 Å². The Morgan fingerprint density at radius 1 is 1.44 bits per heavy atom. The fraction of sp³-hybridized carbons (Fsp3) is 0.364. The van der Waals surface area contributed by atoms with Crippen LogP contribution in [-0.4, -0.2) is 19.8 Å². The number of anilines is 1. The Bertz CT molecular complexity index is 402. The highest BCUT2D eigenvalue weighted by molar-refractivity contribution is 6.32. The molecule has 0 radical (unpaired) electrons. The zero-order valence-corrected chi connectivity index (χ0v) is 9.75. The highest BCUT2D eigenvalue weighted by Crippen LogP contribution is 2.30. The van der Waals surface area contributed by atoms with Crippen LogP contribution in [0.4, 0.5) is 5.69 Å². The van der Waals surface area contributed by atoms with Crippen molar-refractivity contribution >= 4 is 17.3 Å². The van der Waals surface area contributed by atoms with Gasteiger partial charge in [0, 0.05) is 6.61 Å². The van der Waals surface area contributed by atoms with Crippen molar-refractivity contribution in [3.63, 3.8) is 0 Å². The van der Waals surface area contributed by atoms with Crippen LogP contribution in [0.1, 0.15) is 12.5 Å². The summed E-state index contributed by atoms with van der Waals surface area (Å²) >= 11 is 5.80. The van der Waals surface area contributed by atoms with Gasteiger partial charge in [0.05, 0.1) is 22.9 Å². The lowest BCUT2D eigenvalue weighted by atomic mass is 10.2. The van der Waals surface area contributed by atoms with Crippen molar-refractivity contribution in [3.8, 4) is 11.8 Å². The summed E-state index contributed by atoms with van der Waals surface area (Å²) in [5.74, 6) is 0.459. The van der Waals surface area contributed by atoms with Gasteiger partial charge in [-0.3, -0.25) is 0 Å². The summed E-state index contributed by atoms with van der Waals surface area (Å²) < 4.78 is 10.5. The number of rotatable bonds is 5. The van der Waals surface area contributed by atoms with Crippen molar-refractivity contribution in [2.45, 2.75) is 6.92 Å². The van der Waals surface area contributed by atoms with E-state index in [0.717, 1.165) is 0 Å². The Hall–Kier alpha value is -1.44. The lowest BCUT2D eigenvalue weighted by Crippen LogP contribution is -2.08. The lowest BCUT2D eigenvalue weighted by Gasteiger charge is -2.10. The largest absolute Gasteiger partial charge is 0.489 e. The van der Waals surface area contributed by atoms with Gasteiger partial charge in [-0.1, -0.05) is 11.6 Å². The van der Waals surface area contributed by atoms with Gasteiger partial charge in [-0.05, 0) is 19.1 Å². The third-order valence-corrected chi connectivity index (χ3v) is 2.27. The van der Waals surface area contributed by atoms with E-state index < -0.39 is 0 Å². The van der Waals surface area contributed by atoms with Crippen LogP contribution in [0.25, 0.3) is 0 Å². The number of benzene rings is 1. The number of hydrogen-bond acceptors (Lipinski definition) is 4. The Labute approximate surface area is 99.5 Å². The summed E-state index contributed by atoms with van der Waals surface area (Å²) in [5, 5.41) is 9.17. The first kappa shape index (κ1) is 12.6. The van der Waals surface area contributed by atoms with Gasteiger partial charge in [-0.25, -0.2) is 0 Å². The maximum absolute atomic E-state index is 8.84. The summed E-state index contributed by atoms with van der Waals surface area (Å²) in [5.41, 5.74) is 6.25. The Kier molecular flexibility index (Phi) is 4.90. The van der Waals surface area contributed by atoms with Crippen LogP contribution in [-0.2, 0) is 4.74 Å². The molecular formula is C11H13ClN2O2. The minimum Gasteiger partial charge on any atom is -0.489 e. The molecule has 1 aromatic rings. The summed E-state index contributed by atoms with van der Waals surface area (Å²) in [7, 11) is 0. The maximum atomic E-state index is 8.84. The molecule has 4 nitrogen and oxygen atoms in total. The van der Waals surface area contributed by atoms with Gasteiger partial charge in [-0.2, -0.15) is 5.26 Å². The second-order valence-electron chi connectivity index (χ2n) is 2.99. The van der Waals surface area contributed by atoms with E-state index in [9.17, 15) is 0 Å². The fourth-order valence-corrected chi connectivity index (χ4v) is 1.38. The summed E-state index contributed by atoms with van der Waals surface area (Å²) in [6.45, 7) is 3.43. The Balaban J connectivity index is 2.71. The number of halogens is 1. The van der Waals surface area contributed by atoms with Crippen LogP contribution >= 0.6 is 11.6 Å². The molecule has 0 bridgehead atoms. The Morgan fingerprint density at radius 2 is 2.19 bits per heavy atom. The predicted octanol–water partition coefficient (Wildman–Crippen LogP) is 2.21. The number of ether oxygens (including phenoxy) is 2. The lowest BCUT2D eigenvalue weighted by molar-refractivity contribution is 0.110. The van der Waals surface area contributed by atoms with Gasteiger partial charge in [0.2, 0.25) is 0 Å². The number of nitrogen functional groups attached to an aromatic ring is 1. The van der Waals surface area contributed by atoms with Gasteiger partial charge >= 0.3 is 0 Å². The smallest absolute Gasteiger partial charge is 0.143 e. The van der Waals surface area contributed by atoms with Gasteiger partial charge in [0.25, 0.3) is 0 Å². The molecule has 0 aliphatic rings. The SMILES string of the molecule is CCOCCOc1ccc(Cl)c(C#N)c1N. The zero-order chi connectivity index (χ0) is 12.0. The third kappa shape index (κ3) is 3.02. The quantitative estimate of drug-likeness (QED) is 0.633. The van der Waals surface area contributed by atoms with Crippen LogP contribution in [0.15, 0.2) is 12.1 Å². The first-order valence-corrected chi connectivity index (χ1v) is 5.27. The predicted molar refractivity (Wildman–Crippen MR) is 62.6 cm³/mol. The van der Waals surface area contributed by atoms with Crippen molar-refractivity contribution in [1.82, 2.24) is 0 Å².